The van der Waals surface area contributed by atoms with Crippen molar-refractivity contribution in [3.8, 4) is 17.2 Å². The molecule has 0 spiro atoms. The number of aryl methyl sites for hydroxylation is 1. The number of carbonyl (C=O) groups excluding carboxylic acids is 1. The number of benzene rings is 3. The number of amides is 1. The summed E-state index contributed by atoms with van der Waals surface area (Å²) < 4.78 is 19.3. The van der Waals surface area contributed by atoms with Crippen LogP contribution in [0.1, 0.15) is 28.2 Å². The number of halogens is 1. The smallest absolute Gasteiger partial charge is 0.251 e. The Bertz CT molecular complexity index is 1310. The van der Waals surface area contributed by atoms with Gasteiger partial charge in [0.2, 0.25) is 5.75 Å². The van der Waals surface area contributed by atoms with Crippen LogP contribution in [0, 0.1) is 0 Å². The maximum atomic E-state index is 12.8. The first-order valence-corrected chi connectivity index (χ1v) is 12.1. The van der Waals surface area contributed by atoms with Crippen molar-refractivity contribution in [3.05, 3.63) is 82.1 Å². The molecule has 0 aliphatic heterocycles. The Hall–Kier alpha value is -3.52. The lowest BCUT2D eigenvalue weighted by Crippen LogP contribution is -2.25. The molecule has 1 N–H and O–H groups in total. The molecule has 182 valence electrons. The van der Waals surface area contributed by atoms with E-state index in [-0.39, 0.29) is 5.91 Å². The van der Waals surface area contributed by atoms with Crippen molar-refractivity contribution in [2.45, 2.75) is 19.4 Å². The molecule has 0 bridgehead atoms. The van der Waals surface area contributed by atoms with Crippen molar-refractivity contribution >= 4 is 32.9 Å². The molecule has 1 heterocycles. The second kappa shape index (κ2) is 11.3. The average molecular weight is 538 g/mol. The second-order valence-electron chi connectivity index (χ2n) is 8.01. The highest BCUT2D eigenvalue weighted by atomic mass is 79.9. The molecule has 0 aliphatic carbocycles. The van der Waals surface area contributed by atoms with Crippen LogP contribution in [0.5, 0.6) is 17.2 Å². The SMILES string of the molecule is COc1cc(C(=O)NCCCc2nc3ccccc3n2Cc2cccc(Br)c2)cc(OC)c1OC. The molecule has 0 saturated carbocycles. The van der Waals surface area contributed by atoms with Gasteiger partial charge in [0, 0.05) is 29.5 Å². The zero-order valence-corrected chi connectivity index (χ0v) is 21.6. The third kappa shape index (κ3) is 5.59. The Labute approximate surface area is 213 Å². The van der Waals surface area contributed by atoms with Gasteiger partial charge in [0.25, 0.3) is 5.91 Å². The number of methoxy groups -OCH3 is 3. The zero-order chi connectivity index (χ0) is 24.8. The molecule has 3 aromatic carbocycles. The number of imidazole rings is 1. The van der Waals surface area contributed by atoms with Crippen molar-refractivity contribution in [2.24, 2.45) is 0 Å². The van der Waals surface area contributed by atoms with Gasteiger partial charge in [-0.3, -0.25) is 4.79 Å². The molecule has 35 heavy (non-hydrogen) atoms. The van der Waals surface area contributed by atoms with E-state index in [0.29, 0.717) is 29.4 Å². The first-order chi connectivity index (χ1) is 17.0. The summed E-state index contributed by atoms with van der Waals surface area (Å²) in [6.07, 6.45) is 1.48. The van der Waals surface area contributed by atoms with Gasteiger partial charge in [-0.1, -0.05) is 40.2 Å². The minimum Gasteiger partial charge on any atom is -0.493 e. The fourth-order valence-electron chi connectivity index (χ4n) is 4.07. The quantitative estimate of drug-likeness (QED) is 0.280. The Morgan fingerprint density at radius 1 is 0.971 bits per heavy atom. The number of fused-ring (bicyclic) bond motifs is 1. The zero-order valence-electron chi connectivity index (χ0n) is 20.0. The molecular formula is C27H28BrN3O4. The molecule has 0 atom stereocenters. The van der Waals surface area contributed by atoms with Gasteiger partial charge in [-0.05, 0) is 48.4 Å². The van der Waals surface area contributed by atoms with Crippen LogP contribution >= 0.6 is 15.9 Å². The number of para-hydroxylation sites is 2. The number of aromatic nitrogens is 2. The maximum Gasteiger partial charge on any atom is 0.251 e. The number of rotatable bonds is 10. The van der Waals surface area contributed by atoms with E-state index in [1.54, 1.807) is 12.1 Å². The third-order valence-corrected chi connectivity index (χ3v) is 6.25. The van der Waals surface area contributed by atoms with Gasteiger partial charge >= 0.3 is 0 Å². The van der Waals surface area contributed by atoms with Gasteiger partial charge in [-0.25, -0.2) is 4.98 Å². The van der Waals surface area contributed by atoms with E-state index < -0.39 is 0 Å². The fraction of sp³-hybridized carbons (Fsp3) is 0.259. The second-order valence-corrected chi connectivity index (χ2v) is 8.92. The summed E-state index contributed by atoms with van der Waals surface area (Å²) in [7, 11) is 4.59. The molecule has 8 heteroatoms. The third-order valence-electron chi connectivity index (χ3n) is 5.75. The summed E-state index contributed by atoms with van der Waals surface area (Å²) in [6.45, 7) is 1.24. The summed E-state index contributed by atoms with van der Waals surface area (Å²) in [4.78, 5) is 17.6. The number of carbonyl (C=O) groups is 1. The summed E-state index contributed by atoms with van der Waals surface area (Å²) in [6, 6.07) is 19.7. The average Bonchev–Trinajstić information content (AvgIpc) is 3.22. The molecule has 0 radical (unpaired) electrons. The highest BCUT2D eigenvalue weighted by molar-refractivity contribution is 9.10. The van der Waals surface area contributed by atoms with Crippen LogP contribution in [0.3, 0.4) is 0 Å². The Morgan fingerprint density at radius 3 is 2.40 bits per heavy atom. The lowest BCUT2D eigenvalue weighted by Gasteiger charge is -2.14. The van der Waals surface area contributed by atoms with E-state index in [0.717, 1.165) is 40.7 Å². The first-order valence-electron chi connectivity index (χ1n) is 11.3. The summed E-state index contributed by atoms with van der Waals surface area (Å²) in [5, 5.41) is 2.99. The van der Waals surface area contributed by atoms with Crippen LogP contribution in [0.25, 0.3) is 11.0 Å². The normalized spacial score (nSPS) is 10.9. The van der Waals surface area contributed by atoms with Crippen molar-refractivity contribution in [2.75, 3.05) is 27.9 Å². The number of ether oxygens (including phenoxy) is 3. The van der Waals surface area contributed by atoms with Crippen LogP contribution in [0.2, 0.25) is 0 Å². The van der Waals surface area contributed by atoms with Gasteiger partial charge in [-0.15, -0.1) is 0 Å². The number of hydrogen-bond acceptors (Lipinski definition) is 5. The van der Waals surface area contributed by atoms with E-state index in [1.165, 1.54) is 26.9 Å². The molecule has 7 nitrogen and oxygen atoms in total. The van der Waals surface area contributed by atoms with Crippen LogP contribution in [-0.4, -0.2) is 43.3 Å². The molecule has 0 fully saturated rings. The topological polar surface area (TPSA) is 74.6 Å². The van der Waals surface area contributed by atoms with Crippen molar-refractivity contribution in [1.29, 1.82) is 0 Å². The largest absolute Gasteiger partial charge is 0.493 e. The fourth-order valence-corrected chi connectivity index (χ4v) is 4.52. The Balaban J connectivity index is 1.45. The van der Waals surface area contributed by atoms with E-state index in [2.05, 4.69) is 44.0 Å². The minimum absolute atomic E-state index is 0.202. The van der Waals surface area contributed by atoms with Gasteiger partial charge in [-0.2, -0.15) is 0 Å². The van der Waals surface area contributed by atoms with E-state index >= 15 is 0 Å². The first kappa shape index (κ1) is 24.6. The van der Waals surface area contributed by atoms with Gasteiger partial charge in [0.05, 0.1) is 32.4 Å². The molecular weight excluding hydrogens is 510 g/mol. The summed E-state index contributed by atoms with van der Waals surface area (Å²) in [5.74, 6) is 2.13. The molecule has 1 amide bonds. The maximum absolute atomic E-state index is 12.8. The highest BCUT2D eigenvalue weighted by Gasteiger charge is 2.17. The van der Waals surface area contributed by atoms with Crippen molar-refractivity contribution in [3.63, 3.8) is 0 Å². The number of nitrogens with zero attached hydrogens (tertiary/aromatic N) is 2. The molecule has 0 unspecified atom stereocenters. The summed E-state index contributed by atoms with van der Waals surface area (Å²) >= 11 is 3.56. The minimum atomic E-state index is -0.202. The molecule has 0 aliphatic rings. The standard InChI is InChI=1S/C27H28BrN3O4/c1-33-23-15-19(16-24(34-2)26(23)35-3)27(32)29-13-7-12-25-30-21-10-4-5-11-22(21)31(25)17-18-8-6-9-20(28)14-18/h4-6,8-11,14-16H,7,12-13,17H2,1-3H3,(H,29,32). The molecule has 4 aromatic rings. The van der Waals surface area contributed by atoms with E-state index in [9.17, 15) is 4.79 Å². The lowest BCUT2D eigenvalue weighted by molar-refractivity contribution is 0.0952. The van der Waals surface area contributed by atoms with Crippen LogP contribution < -0.4 is 19.5 Å². The van der Waals surface area contributed by atoms with Crippen molar-refractivity contribution < 1.29 is 19.0 Å². The van der Waals surface area contributed by atoms with Gasteiger partial charge in [0.1, 0.15) is 5.82 Å². The van der Waals surface area contributed by atoms with Gasteiger partial charge in [0.15, 0.2) is 11.5 Å². The van der Waals surface area contributed by atoms with E-state index in [4.69, 9.17) is 19.2 Å². The summed E-state index contributed by atoms with van der Waals surface area (Å²) in [5.41, 5.74) is 3.71. The molecule has 1 aromatic heterocycles. The predicted octanol–water partition coefficient (Wildman–Crippen LogP) is 5.24. The highest BCUT2D eigenvalue weighted by Crippen LogP contribution is 2.38. The number of hydrogen-bond donors (Lipinski definition) is 1. The van der Waals surface area contributed by atoms with Gasteiger partial charge < -0.3 is 24.1 Å². The van der Waals surface area contributed by atoms with E-state index in [1.807, 2.05) is 30.3 Å². The predicted molar refractivity (Wildman–Crippen MR) is 140 cm³/mol. The Kier molecular flexibility index (Phi) is 7.92. The van der Waals surface area contributed by atoms with Crippen LogP contribution in [0.4, 0.5) is 0 Å². The van der Waals surface area contributed by atoms with Crippen LogP contribution in [-0.2, 0) is 13.0 Å². The number of nitrogens with one attached hydrogen (secondary N) is 1. The molecule has 0 saturated heterocycles. The van der Waals surface area contributed by atoms with Crippen LogP contribution in [0.15, 0.2) is 65.1 Å². The Morgan fingerprint density at radius 2 is 1.71 bits per heavy atom. The lowest BCUT2D eigenvalue weighted by atomic mass is 10.1. The monoisotopic (exact) mass is 537 g/mol. The molecule has 4 rings (SSSR count). The van der Waals surface area contributed by atoms with Crippen molar-refractivity contribution in [1.82, 2.24) is 14.9 Å².